The van der Waals surface area contributed by atoms with Crippen molar-refractivity contribution in [3.8, 4) is 17.2 Å². The highest BCUT2D eigenvalue weighted by molar-refractivity contribution is 5.88. The van der Waals surface area contributed by atoms with Gasteiger partial charge < -0.3 is 39.5 Å². The maximum atomic E-state index is 11.7. The summed E-state index contributed by atoms with van der Waals surface area (Å²) in [4.78, 5) is 47.9. The fourth-order valence-corrected chi connectivity index (χ4v) is 5.36. The summed E-state index contributed by atoms with van der Waals surface area (Å²) in [6, 6.07) is 17.1. The first-order valence-corrected chi connectivity index (χ1v) is 15.3. The number of carboxylic acids is 4. The van der Waals surface area contributed by atoms with E-state index in [1.165, 1.54) is 9.80 Å². The second-order valence-corrected chi connectivity index (χ2v) is 11.0. The van der Waals surface area contributed by atoms with Crippen LogP contribution in [0.1, 0.15) is 30.5 Å². The van der Waals surface area contributed by atoms with Gasteiger partial charge >= 0.3 is 23.9 Å². The van der Waals surface area contributed by atoms with E-state index < -0.39 is 50.1 Å². The number of carbonyl (C=O) groups is 4. The number of carboxylic acid groups (broad SMARTS) is 4. The Kier molecular flexibility index (Phi) is 12.1. The Balaban J connectivity index is 1.70. The number of fused-ring (bicyclic) bond motifs is 2. The fraction of sp³-hybridized carbons (Fsp3) is 0.314. The molecule has 0 amide bonds. The second-order valence-electron chi connectivity index (χ2n) is 11.0. The first kappa shape index (κ1) is 35.5. The molecule has 3 aromatic rings. The van der Waals surface area contributed by atoms with Crippen LogP contribution in [0.5, 0.6) is 17.2 Å². The zero-order valence-electron chi connectivity index (χ0n) is 26.7. The van der Waals surface area contributed by atoms with E-state index in [1.54, 1.807) is 18.2 Å². The molecule has 4 N–H and O–H groups in total. The van der Waals surface area contributed by atoms with Gasteiger partial charge in [-0.2, -0.15) is 0 Å². The van der Waals surface area contributed by atoms with Gasteiger partial charge in [-0.1, -0.05) is 43.3 Å². The summed E-state index contributed by atoms with van der Waals surface area (Å²) >= 11 is 0. The number of aliphatic carboxylic acids is 4. The van der Waals surface area contributed by atoms with E-state index in [9.17, 15) is 29.4 Å². The standard InChI is InChI=1S/C35H38N2O11/c1-3-22-5-8-25-28(15-22)48-29-16-23(4-2)6-9-26(29)35(25)24-7-10-27(37(20-33(42)43)21-34(44)45)30(17-24)47-14-13-46-12-11-36(18-31(38)39)19-32(40)41/h3,5-10,15-17H,4,11-14,18-21H2,1-2H3,(H,38,39)(H,40,41)(H,42,43)(H,44,45)/b22-3+. The molecular weight excluding hydrogens is 624 g/mol. The molecule has 4 rings (SSSR count). The van der Waals surface area contributed by atoms with E-state index in [-0.39, 0.29) is 37.8 Å². The van der Waals surface area contributed by atoms with Gasteiger partial charge in [-0.3, -0.25) is 24.1 Å². The number of ether oxygens (including phenoxy) is 3. The molecule has 13 nitrogen and oxygen atoms in total. The molecule has 0 unspecified atom stereocenters. The monoisotopic (exact) mass is 662 g/mol. The highest BCUT2D eigenvalue weighted by Crippen LogP contribution is 2.39. The average molecular weight is 663 g/mol. The van der Waals surface area contributed by atoms with Crippen molar-refractivity contribution in [2.75, 3.05) is 57.4 Å². The van der Waals surface area contributed by atoms with Crippen LogP contribution in [0, 0.1) is 0 Å². The van der Waals surface area contributed by atoms with Gasteiger partial charge in [0.05, 0.1) is 32.0 Å². The summed E-state index contributed by atoms with van der Waals surface area (Å²) in [5, 5.41) is 39.0. The molecule has 0 fully saturated rings. The van der Waals surface area contributed by atoms with Crippen molar-refractivity contribution < 1.29 is 53.8 Å². The van der Waals surface area contributed by atoms with Crippen LogP contribution in [0.4, 0.5) is 5.69 Å². The van der Waals surface area contributed by atoms with Crippen molar-refractivity contribution in [3.63, 3.8) is 0 Å². The molecule has 13 heteroatoms. The Morgan fingerprint density at radius 3 is 2.08 bits per heavy atom. The zero-order valence-corrected chi connectivity index (χ0v) is 26.7. The smallest absolute Gasteiger partial charge is 0.323 e. The number of benzene rings is 3. The second kappa shape index (κ2) is 16.4. The van der Waals surface area contributed by atoms with Crippen molar-refractivity contribution >= 4 is 41.2 Å². The van der Waals surface area contributed by atoms with Gasteiger partial charge in [-0.15, -0.1) is 0 Å². The third-order valence-electron chi connectivity index (χ3n) is 7.55. The zero-order chi connectivity index (χ0) is 34.8. The van der Waals surface area contributed by atoms with E-state index >= 15 is 0 Å². The Morgan fingerprint density at radius 1 is 0.771 bits per heavy atom. The molecule has 3 aromatic carbocycles. The van der Waals surface area contributed by atoms with Crippen LogP contribution in [0.2, 0.25) is 0 Å². The molecule has 48 heavy (non-hydrogen) atoms. The molecular formula is C35H38N2O11. The lowest BCUT2D eigenvalue weighted by Gasteiger charge is -2.26. The van der Waals surface area contributed by atoms with E-state index in [4.69, 9.17) is 24.4 Å². The van der Waals surface area contributed by atoms with Crippen molar-refractivity contribution in [2.24, 2.45) is 0 Å². The van der Waals surface area contributed by atoms with Gasteiger partial charge in [-0.05, 0) is 54.0 Å². The van der Waals surface area contributed by atoms with Crippen LogP contribution in [0.3, 0.4) is 0 Å². The number of hydrogen-bond acceptors (Lipinski definition) is 9. The Labute approximate surface area is 276 Å². The van der Waals surface area contributed by atoms with Crippen molar-refractivity contribution in [3.05, 3.63) is 81.7 Å². The van der Waals surface area contributed by atoms with Gasteiger partial charge in [-0.25, -0.2) is 0 Å². The maximum Gasteiger partial charge on any atom is 0.323 e. The van der Waals surface area contributed by atoms with Crippen LogP contribution in [0.15, 0.2) is 54.6 Å². The molecule has 0 aromatic heterocycles. The molecule has 0 bridgehead atoms. The van der Waals surface area contributed by atoms with E-state index in [0.717, 1.165) is 39.1 Å². The number of rotatable bonds is 18. The summed E-state index contributed by atoms with van der Waals surface area (Å²) < 4.78 is 18.0. The van der Waals surface area contributed by atoms with Gasteiger partial charge in [0.15, 0.2) is 0 Å². The normalized spacial score (nSPS) is 12.2. The molecule has 1 heterocycles. The lowest BCUT2D eigenvalue weighted by molar-refractivity contribution is -0.142. The Bertz CT molecular complexity index is 1770. The van der Waals surface area contributed by atoms with Gasteiger partial charge in [0.2, 0.25) is 0 Å². The number of nitrogens with zero attached hydrogens (tertiary/aromatic N) is 2. The minimum atomic E-state index is -1.22. The molecule has 1 aliphatic rings. The summed E-state index contributed by atoms with van der Waals surface area (Å²) in [6.45, 7) is 1.99. The van der Waals surface area contributed by atoms with Crippen LogP contribution >= 0.6 is 0 Å². The summed E-state index contributed by atoms with van der Waals surface area (Å²) in [5.74, 6) is -3.20. The minimum Gasteiger partial charge on any atom is -0.489 e. The predicted molar refractivity (Wildman–Crippen MR) is 175 cm³/mol. The van der Waals surface area contributed by atoms with Crippen molar-refractivity contribution in [1.29, 1.82) is 0 Å². The number of anilines is 1. The molecule has 0 aliphatic carbocycles. The highest BCUT2D eigenvalue weighted by atomic mass is 16.5. The Hall–Kier alpha value is -5.40. The molecule has 0 saturated carbocycles. The van der Waals surface area contributed by atoms with Crippen LogP contribution in [-0.4, -0.2) is 102 Å². The lowest BCUT2D eigenvalue weighted by Crippen LogP contribution is -2.37. The Morgan fingerprint density at radius 2 is 1.46 bits per heavy atom. The average Bonchev–Trinajstić information content (AvgIpc) is 3.03. The fourth-order valence-electron chi connectivity index (χ4n) is 5.36. The first-order chi connectivity index (χ1) is 23.0. The molecule has 0 radical (unpaired) electrons. The molecule has 254 valence electrons. The van der Waals surface area contributed by atoms with Gasteiger partial charge in [0.1, 0.15) is 36.9 Å². The third-order valence-corrected chi connectivity index (χ3v) is 7.55. The molecule has 0 saturated heterocycles. The van der Waals surface area contributed by atoms with Crippen LogP contribution in [0.25, 0.3) is 11.6 Å². The van der Waals surface area contributed by atoms with E-state index in [2.05, 4.69) is 6.92 Å². The van der Waals surface area contributed by atoms with E-state index in [1.807, 2.05) is 49.4 Å². The number of aryl methyl sites for hydroxylation is 1. The SMILES string of the molecule is C/C=c1\ccc2c(c1)Oc1cc(CC)ccc1C=2c1ccc(N(CC(=O)O)CC(=O)O)c(OCCOCCN(CC(=O)O)CC(=O)O)c1. The molecule has 0 atom stereocenters. The van der Waals surface area contributed by atoms with Gasteiger partial charge in [0, 0.05) is 22.9 Å². The third kappa shape index (κ3) is 9.33. The summed E-state index contributed by atoms with van der Waals surface area (Å²) in [7, 11) is 0. The van der Waals surface area contributed by atoms with E-state index in [0.29, 0.717) is 11.5 Å². The summed E-state index contributed by atoms with van der Waals surface area (Å²) in [5.41, 5.74) is 3.77. The topological polar surface area (TPSA) is 183 Å². The lowest BCUT2D eigenvalue weighted by atomic mass is 9.91. The predicted octanol–water partition coefficient (Wildman–Crippen LogP) is 2.24. The van der Waals surface area contributed by atoms with Gasteiger partial charge in [0.25, 0.3) is 0 Å². The first-order valence-electron chi connectivity index (χ1n) is 15.3. The van der Waals surface area contributed by atoms with Crippen molar-refractivity contribution in [1.82, 2.24) is 4.90 Å². The maximum absolute atomic E-state index is 11.7. The summed E-state index contributed by atoms with van der Waals surface area (Å²) in [6.07, 6.45) is 2.79. The quantitative estimate of drug-likeness (QED) is 0.114. The minimum absolute atomic E-state index is 0.0243. The largest absolute Gasteiger partial charge is 0.489 e. The number of hydrogen-bond donors (Lipinski definition) is 4. The molecule has 1 aliphatic heterocycles. The van der Waals surface area contributed by atoms with Crippen LogP contribution in [-0.2, 0) is 30.3 Å². The molecule has 0 spiro atoms. The highest BCUT2D eigenvalue weighted by Gasteiger charge is 2.24. The van der Waals surface area contributed by atoms with Crippen LogP contribution < -0.4 is 24.8 Å². The van der Waals surface area contributed by atoms with Crippen molar-refractivity contribution in [2.45, 2.75) is 20.3 Å².